The number of aromatic nitrogens is 1. The number of carbonyl (C=O) groups is 2. The average molecular weight is 311 g/mol. The monoisotopic (exact) mass is 311 g/mol. The Morgan fingerprint density at radius 3 is 1.83 bits per heavy atom. The van der Waals surface area contributed by atoms with E-state index in [0.29, 0.717) is 0 Å². The Hall–Kier alpha value is -3.28. The van der Waals surface area contributed by atoms with E-state index in [2.05, 4.69) is 4.98 Å². The first-order chi connectivity index (χ1) is 11.0. The summed E-state index contributed by atoms with van der Waals surface area (Å²) in [6.07, 6.45) is 2.15. The summed E-state index contributed by atoms with van der Waals surface area (Å²) >= 11 is 0. The number of benzene rings is 2. The number of ether oxygens (including phenoxy) is 1. The fourth-order valence-electron chi connectivity index (χ4n) is 2.43. The van der Waals surface area contributed by atoms with Crippen LogP contribution in [0, 0.1) is 0 Å². The Morgan fingerprint density at radius 2 is 1.48 bits per heavy atom. The van der Waals surface area contributed by atoms with Gasteiger partial charge in [-0.1, -0.05) is 0 Å². The maximum absolute atomic E-state index is 11.3. The number of H-pyrrole nitrogens is 1. The number of phenolic OH excluding ortho intramolecular Hbond substituents is 2. The van der Waals surface area contributed by atoms with Crippen molar-refractivity contribution >= 4 is 22.6 Å². The van der Waals surface area contributed by atoms with Crippen LogP contribution >= 0.6 is 0 Å². The molecule has 2 heterocycles. The van der Waals surface area contributed by atoms with E-state index in [0.717, 1.165) is 28.9 Å². The molecule has 0 saturated carbocycles. The Balaban J connectivity index is 0.000000149. The minimum Gasteiger partial charge on any atom is -0.507 e. The summed E-state index contributed by atoms with van der Waals surface area (Å²) in [5.74, 6) is -0.602. The number of fused-ring (bicyclic) bond motifs is 3. The van der Waals surface area contributed by atoms with Crippen molar-refractivity contribution in [3.05, 3.63) is 53.6 Å². The number of ketones is 2. The van der Waals surface area contributed by atoms with Gasteiger partial charge >= 0.3 is 0 Å². The highest BCUT2D eigenvalue weighted by molar-refractivity contribution is 6.24. The van der Waals surface area contributed by atoms with Crippen LogP contribution in [0.25, 0.3) is 11.0 Å². The molecule has 1 aliphatic rings. The van der Waals surface area contributed by atoms with Gasteiger partial charge in [-0.15, -0.1) is 0 Å². The van der Waals surface area contributed by atoms with E-state index in [1.165, 1.54) is 12.1 Å². The van der Waals surface area contributed by atoms with Gasteiger partial charge in [0, 0.05) is 11.6 Å². The molecule has 6 nitrogen and oxygen atoms in total. The van der Waals surface area contributed by atoms with E-state index < -0.39 is 11.6 Å². The first-order valence-corrected chi connectivity index (χ1v) is 6.78. The van der Waals surface area contributed by atoms with Gasteiger partial charge in [0.05, 0.1) is 23.8 Å². The number of aromatic amines is 1. The molecule has 0 aliphatic heterocycles. The first-order valence-electron chi connectivity index (χ1n) is 6.78. The third-order valence-corrected chi connectivity index (χ3v) is 3.52. The second-order valence-electron chi connectivity index (χ2n) is 4.96. The predicted octanol–water partition coefficient (Wildman–Crippen LogP) is 2.65. The summed E-state index contributed by atoms with van der Waals surface area (Å²) in [7, 11) is 1.68. The lowest BCUT2D eigenvalue weighted by Gasteiger charge is -2.11. The summed E-state index contributed by atoms with van der Waals surface area (Å²) in [5, 5.41) is 18.7. The van der Waals surface area contributed by atoms with E-state index >= 15 is 0 Å². The number of rotatable bonds is 1. The molecule has 0 radical (unpaired) electrons. The first kappa shape index (κ1) is 14.6. The Labute approximate surface area is 131 Å². The van der Waals surface area contributed by atoms with E-state index in [9.17, 15) is 19.8 Å². The molecule has 1 aromatic carbocycles. The summed E-state index contributed by atoms with van der Waals surface area (Å²) in [6, 6.07) is 8.37. The quantitative estimate of drug-likeness (QED) is 0.600. The summed E-state index contributed by atoms with van der Waals surface area (Å²) in [5.41, 5.74) is 1.95. The van der Waals surface area contributed by atoms with Crippen molar-refractivity contribution in [1.82, 2.24) is 4.98 Å². The number of allylic oxidation sites excluding steroid dienone is 2. The standard InChI is InChI=1S/C10H6O4.C7H7NO/c11-5-1-2-6(12)10-8(14)4-3-7(13)9(5)10;1-9-7-4-5-2-3-6(7)8-5/h1-4,11-12H;2-4,8H,1H3. The van der Waals surface area contributed by atoms with Crippen LogP contribution in [0.1, 0.15) is 20.7 Å². The summed E-state index contributed by atoms with van der Waals surface area (Å²) in [4.78, 5) is 25.7. The van der Waals surface area contributed by atoms with Gasteiger partial charge in [-0.05, 0) is 36.4 Å². The number of methoxy groups -OCH3 is 1. The van der Waals surface area contributed by atoms with Gasteiger partial charge < -0.3 is 19.9 Å². The van der Waals surface area contributed by atoms with Gasteiger partial charge in [-0.2, -0.15) is 0 Å². The zero-order valence-electron chi connectivity index (χ0n) is 12.2. The highest BCUT2D eigenvalue weighted by Crippen LogP contribution is 2.32. The van der Waals surface area contributed by atoms with E-state index in [1.54, 1.807) is 7.11 Å². The van der Waals surface area contributed by atoms with Gasteiger partial charge in [0.15, 0.2) is 11.6 Å². The lowest BCUT2D eigenvalue weighted by Crippen LogP contribution is -2.11. The Morgan fingerprint density at radius 1 is 0.913 bits per heavy atom. The molecule has 0 spiro atoms. The molecular formula is C17H13NO5. The highest BCUT2D eigenvalue weighted by Gasteiger charge is 2.25. The topological polar surface area (TPSA) is 99.6 Å². The van der Waals surface area contributed by atoms with E-state index in [-0.39, 0.29) is 22.6 Å². The fraction of sp³-hybridized carbons (Fsp3) is 0.0588. The van der Waals surface area contributed by atoms with E-state index in [1.807, 2.05) is 18.2 Å². The molecular weight excluding hydrogens is 298 g/mol. The molecule has 1 aliphatic carbocycles. The van der Waals surface area contributed by atoms with Crippen molar-refractivity contribution in [2.24, 2.45) is 0 Å². The number of aromatic hydroxyl groups is 2. The van der Waals surface area contributed by atoms with Crippen LogP contribution in [-0.2, 0) is 0 Å². The van der Waals surface area contributed by atoms with Gasteiger partial charge in [-0.25, -0.2) is 0 Å². The number of hydrogen-bond donors (Lipinski definition) is 3. The van der Waals surface area contributed by atoms with Crippen molar-refractivity contribution in [2.45, 2.75) is 0 Å². The van der Waals surface area contributed by atoms with Crippen molar-refractivity contribution in [2.75, 3.05) is 7.11 Å². The molecule has 2 bridgehead atoms. The molecule has 4 rings (SSSR count). The van der Waals surface area contributed by atoms with Gasteiger partial charge in [0.1, 0.15) is 17.2 Å². The van der Waals surface area contributed by atoms with Gasteiger partial charge in [0.2, 0.25) is 0 Å². The molecule has 0 fully saturated rings. The van der Waals surface area contributed by atoms with Crippen LogP contribution in [0.4, 0.5) is 0 Å². The minimum atomic E-state index is -0.479. The lowest BCUT2D eigenvalue weighted by molar-refractivity contribution is 0.0989. The second kappa shape index (κ2) is 5.49. The maximum atomic E-state index is 11.3. The fourth-order valence-corrected chi connectivity index (χ4v) is 2.43. The lowest BCUT2D eigenvalue weighted by atomic mass is 9.93. The van der Waals surface area contributed by atoms with Gasteiger partial charge in [-0.3, -0.25) is 9.59 Å². The molecule has 0 atom stereocenters. The molecule has 23 heavy (non-hydrogen) atoms. The molecule has 0 saturated heterocycles. The van der Waals surface area contributed by atoms with Crippen molar-refractivity contribution in [3.8, 4) is 17.2 Å². The van der Waals surface area contributed by atoms with Crippen LogP contribution in [0.3, 0.4) is 0 Å². The van der Waals surface area contributed by atoms with Crippen molar-refractivity contribution in [1.29, 1.82) is 0 Å². The third-order valence-electron chi connectivity index (χ3n) is 3.52. The smallest absolute Gasteiger partial charge is 0.190 e. The Kier molecular flexibility index (Phi) is 3.50. The van der Waals surface area contributed by atoms with Crippen molar-refractivity contribution in [3.63, 3.8) is 0 Å². The minimum absolute atomic E-state index is 0.127. The number of phenols is 2. The third kappa shape index (κ3) is 2.50. The maximum Gasteiger partial charge on any atom is 0.190 e. The predicted molar refractivity (Wildman–Crippen MR) is 83.6 cm³/mol. The van der Waals surface area contributed by atoms with E-state index in [4.69, 9.17) is 4.74 Å². The SMILES string of the molecule is COc1cc2ccc1[nH]2.O=C1C=CC(=O)c2c(O)ccc(O)c21. The molecule has 6 heteroatoms. The molecule has 116 valence electrons. The summed E-state index contributed by atoms with van der Waals surface area (Å²) in [6.45, 7) is 0. The van der Waals surface area contributed by atoms with Gasteiger partial charge in [0.25, 0.3) is 0 Å². The number of carbonyl (C=O) groups excluding carboxylic acids is 2. The molecule has 0 amide bonds. The van der Waals surface area contributed by atoms with Crippen LogP contribution in [0.5, 0.6) is 17.2 Å². The van der Waals surface area contributed by atoms with Crippen LogP contribution in [0.2, 0.25) is 0 Å². The van der Waals surface area contributed by atoms with Crippen LogP contribution < -0.4 is 4.74 Å². The van der Waals surface area contributed by atoms with Crippen molar-refractivity contribution < 1.29 is 24.5 Å². The molecule has 3 aromatic rings. The second-order valence-corrected chi connectivity index (χ2v) is 4.96. The number of nitrogens with one attached hydrogen (secondary N) is 1. The molecule has 3 N–H and O–H groups in total. The largest absolute Gasteiger partial charge is 0.507 e. The number of hydrogen-bond acceptors (Lipinski definition) is 5. The van der Waals surface area contributed by atoms with Crippen LogP contribution in [-0.4, -0.2) is 33.9 Å². The molecule has 2 aromatic heterocycles. The highest BCUT2D eigenvalue weighted by atomic mass is 16.5. The Bertz CT molecular complexity index is 879. The zero-order valence-corrected chi connectivity index (χ0v) is 12.2. The average Bonchev–Trinajstić information content (AvgIpc) is 3.17. The normalized spacial score (nSPS) is 12.9. The molecule has 0 unspecified atom stereocenters. The van der Waals surface area contributed by atoms with Crippen LogP contribution in [0.15, 0.2) is 42.5 Å². The zero-order chi connectivity index (χ0) is 16.6. The summed E-state index contributed by atoms with van der Waals surface area (Å²) < 4.78 is 5.03.